The molecule has 0 radical (unpaired) electrons. The number of anilines is 1. The molecule has 0 N–H and O–H groups in total. The summed E-state index contributed by atoms with van der Waals surface area (Å²) in [6.45, 7) is 1.59. The molecule has 0 aromatic heterocycles. The van der Waals surface area contributed by atoms with Crippen LogP contribution in [0.4, 0.5) is 5.69 Å². The molecule has 3 heterocycles. The highest BCUT2D eigenvalue weighted by atomic mass is 32.2. The minimum Gasteiger partial charge on any atom is -0.497 e. The third kappa shape index (κ3) is 4.44. The summed E-state index contributed by atoms with van der Waals surface area (Å²) in [7, 11) is 5.60. The number of amidine groups is 1. The van der Waals surface area contributed by atoms with E-state index in [4.69, 9.17) is 19.5 Å². The predicted molar refractivity (Wildman–Crippen MR) is 169 cm³/mol. The van der Waals surface area contributed by atoms with E-state index >= 15 is 0 Å². The van der Waals surface area contributed by atoms with Crippen molar-refractivity contribution < 1.29 is 14.3 Å². The van der Waals surface area contributed by atoms with Crippen molar-refractivity contribution in [3.63, 3.8) is 0 Å². The number of nitrogens with zero attached hydrogens (tertiary/aromatic N) is 3. The van der Waals surface area contributed by atoms with Gasteiger partial charge in [0.05, 0.1) is 25.8 Å². The second-order valence-corrected chi connectivity index (χ2v) is 12.1. The van der Waals surface area contributed by atoms with Gasteiger partial charge in [-0.3, -0.25) is 4.90 Å². The van der Waals surface area contributed by atoms with Crippen LogP contribution in [0.5, 0.6) is 11.5 Å². The first-order valence-electron chi connectivity index (χ1n) is 14.2. The molecule has 1 saturated heterocycles. The van der Waals surface area contributed by atoms with Crippen LogP contribution in [0.3, 0.4) is 0 Å². The van der Waals surface area contributed by atoms with Gasteiger partial charge < -0.3 is 19.2 Å². The van der Waals surface area contributed by atoms with Gasteiger partial charge in [-0.25, -0.2) is 0 Å². The van der Waals surface area contributed by atoms with Gasteiger partial charge in [0, 0.05) is 34.4 Å². The lowest BCUT2D eigenvalue weighted by atomic mass is 9.77. The molecule has 0 saturated carbocycles. The molecule has 42 heavy (non-hydrogen) atoms. The van der Waals surface area contributed by atoms with Gasteiger partial charge in [0.15, 0.2) is 5.84 Å². The Kier molecular flexibility index (Phi) is 6.92. The van der Waals surface area contributed by atoms with E-state index in [1.165, 1.54) is 10.5 Å². The van der Waals surface area contributed by atoms with Crippen LogP contribution in [-0.4, -0.2) is 50.8 Å². The van der Waals surface area contributed by atoms with Gasteiger partial charge in [-0.2, -0.15) is 0 Å². The number of benzene rings is 4. The SMILES string of the molecule is COc1ccc(/C=C2\CN(C)C[C@H]3[C@H](c4ccc(OC)cc4)Sc4ccccc4N4C(c5ccccc5)=NO[C@]234)cc1. The average Bonchev–Trinajstić information content (AvgIpc) is 3.38. The highest BCUT2D eigenvalue weighted by molar-refractivity contribution is 7.99. The molecule has 1 spiro atoms. The largest absolute Gasteiger partial charge is 0.497 e. The van der Waals surface area contributed by atoms with Crippen molar-refractivity contribution in [2.75, 3.05) is 39.3 Å². The van der Waals surface area contributed by atoms with Gasteiger partial charge >= 0.3 is 0 Å². The van der Waals surface area contributed by atoms with E-state index in [1.54, 1.807) is 14.2 Å². The molecule has 0 unspecified atom stereocenters. The molecule has 3 aliphatic rings. The second kappa shape index (κ2) is 10.9. The molecule has 0 bridgehead atoms. The summed E-state index contributed by atoms with van der Waals surface area (Å²) >= 11 is 1.91. The van der Waals surface area contributed by atoms with Crippen LogP contribution >= 0.6 is 11.8 Å². The highest BCUT2D eigenvalue weighted by Gasteiger charge is 2.62. The standard InChI is InChI=1S/C35H33N3O3S/c1-37-22-27(21-24-13-17-28(39-2)18-14-24)35-30(23-37)33(25-15-19-29(40-3)20-16-25)42-32-12-8-7-11-31(32)38(35)34(36-41-35)26-9-5-4-6-10-26/h4-21,30,33H,22-23H2,1-3H3/b27-21+/t30-,33-,35+/m0/s1. The summed E-state index contributed by atoms with van der Waals surface area (Å²) in [6, 6.07) is 35.7. The van der Waals surface area contributed by atoms with Gasteiger partial charge in [0.1, 0.15) is 11.5 Å². The Morgan fingerprint density at radius 2 is 1.52 bits per heavy atom. The van der Waals surface area contributed by atoms with Crippen LogP contribution in [-0.2, 0) is 4.84 Å². The Morgan fingerprint density at radius 3 is 2.24 bits per heavy atom. The summed E-state index contributed by atoms with van der Waals surface area (Å²) < 4.78 is 10.9. The third-order valence-electron chi connectivity index (χ3n) is 8.39. The molecule has 4 aromatic rings. The smallest absolute Gasteiger partial charge is 0.244 e. The number of methoxy groups -OCH3 is 2. The molecular weight excluding hydrogens is 542 g/mol. The van der Waals surface area contributed by atoms with Gasteiger partial charge in [-0.1, -0.05) is 71.9 Å². The van der Waals surface area contributed by atoms with Crippen molar-refractivity contribution >= 4 is 29.4 Å². The zero-order valence-corrected chi connectivity index (χ0v) is 24.8. The van der Waals surface area contributed by atoms with Crippen molar-refractivity contribution in [2.45, 2.75) is 15.9 Å². The van der Waals surface area contributed by atoms with Gasteiger partial charge in [0.25, 0.3) is 0 Å². The molecule has 4 aromatic carbocycles. The molecule has 212 valence electrons. The lowest BCUT2D eigenvalue weighted by Crippen LogP contribution is -2.63. The zero-order valence-electron chi connectivity index (χ0n) is 23.9. The molecular formula is C35H33N3O3S. The monoisotopic (exact) mass is 575 g/mol. The zero-order chi connectivity index (χ0) is 28.7. The Bertz CT molecular complexity index is 1640. The number of ether oxygens (including phenoxy) is 2. The van der Waals surface area contributed by atoms with E-state index in [1.807, 2.05) is 30.0 Å². The molecule has 6 nitrogen and oxygen atoms in total. The number of thioether (sulfide) groups is 1. The maximum atomic E-state index is 6.88. The van der Waals surface area contributed by atoms with E-state index < -0.39 is 5.72 Å². The number of likely N-dealkylation sites (N-methyl/N-ethyl adjacent to an activating group) is 1. The molecule has 1 fully saturated rings. The lowest BCUT2D eigenvalue weighted by Gasteiger charge is -2.50. The van der Waals surface area contributed by atoms with Crippen LogP contribution in [0.2, 0.25) is 0 Å². The van der Waals surface area contributed by atoms with Crippen LogP contribution in [0, 0.1) is 5.92 Å². The third-order valence-corrected chi connectivity index (χ3v) is 9.84. The predicted octanol–water partition coefficient (Wildman–Crippen LogP) is 7.09. The molecule has 3 atom stereocenters. The fourth-order valence-electron chi connectivity index (χ4n) is 6.42. The minimum atomic E-state index is -0.832. The van der Waals surface area contributed by atoms with Crippen molar-refractivity contribution in [1.82, 2.24) is 4.90 Å². The maximum absolute atomic E-state index is 6.88. The maximum Gasteiger partial charge on any atom is 0.244 e. The normalized spacial score (nSPS) is 24.1. The van der Waals surface area contributed by atoms with E-state index in [-0.39, 0.29) is 11.2 Å². The Morgan fingerprint density at radius 1 is 0.857 bits per heavy atom. The van der Waals surface area contributed by atoms with Crippen molar-refractivity contribution in [3.8, 4) is 11.5 Å². The Labute approximate surface area is 251 Å². The van der Waals surface area contributed by atoms with Crippen molar-refractivity contribution in [2.24, 2.45) is 11.1 Å². The molecule has 0 aliphatic carbocycles. The Hall–Kier alpha value is -4.20. The van der Waals surface area contributed by atoms with Gasteiger partial charge in [-0.05, 0) is 60.6 Å². The summed E-state index contributed by atoms with van der Waals surface area (Å²) in [6.07, 6.45) is 2.28. The number of para-hydroxylation sites is 1. The van der Waals surface area contributed by atoms with Crippen molar-refractivity contribution in [1.29, 1.82) is 0 Å². The lowest BCUT2D eigenvalue weighted by molar-refractivity contribution is -0.0595. The molecule has 3 aliphatic heterocycles. The summed E-state index contributed by atoms with van der Waals surface area (Å²) in [5.74, 6) is 2.55. The summed E-state index contributed by atoms with van der Waals surface area (Å²) in [5, 5.41) is 4.99. The number of fused-ring (bicyclic) bond motifs is 2. The highest BCUT2D eigenvalue weighted by Crippen LogP contribution is 2.59. The van der Waals surface area contributed by atoms with E-state index in [0.717, 1.165) is 52.8 Å². The fourth-order valence-corrected chi connectivity index (χ4v) is 7.86. The summed E-state index contributed by atoms with van der Waals surface area (Å²) in [4.78, 5) is 12.9. The molecule has 7 rings (SSSR count). The average molecular weight is 576 g/mol. The molecule has 0 amide bonds. The van der Waals surface area contributed by atoms with E-state index in [2.05, 4.69) is 108 Å². The van der Waals surface area contributed by atoms with E-state index in [0.29, 0.717) is 0 Å². The first kappa shape index (κ1) is 26.7. The van der Waals surface area contributed by atoms with Crippen LogP contribution in [0.15, 0.2) is 119 Å². The molecule has 7 heteroatoms. The number of rotatable bonds is 5. The van der Waals surface area contributed by atoms with Crippen LogP contribution in [0.25, 0.3) is 6.08 Å². The number of hydrogen-bond donors (Lipinski definition) is 0. The minimum absolute atomic E-state index is 0.0384. The Balaban J connectivity index is 1.47. The topological polar surface area (TPSA) is 46.5 Å². The number of likely N-dealkylation sites (tertiary alicyclic amines) is 1. The van der Waals surface area contributed by atoms with Crippen molar-refractivity contribution in [3.05, 3.63) is 125 Å². The summed E-state index contributed by atoms with van der Waals surface area (Å²) in [5.41, 5.74) is 4.79. The van der Waals surface area contributed by atoms with Gasteiger partial charge in [-0.15, -0.1) is 11.8 Å². The fraction of sp³-hybridized carbons (Fsp3) is 0.229. The van der Waals surface area contributed by atoms with Crippen LogP contribution in [0.1, 0.15) is 21.9 Å². The first-order valence-corrected chi connectivity index (χ1v) is 15.0. The number of hydrogen-bond acceptors (Lipinski definition) is 7. The van der Waals surface area contributed by atoms with E-state index in [9.17, 15) is 0 Å². The number of oxime groups is 1. The van der Waals surface area contributed by atoms with Gasteiger partial charge in [0.2, 0.25) is 5.72 Å². The number of piperidine rings is 1. The second-order valence-electron chi connectivity index (χ2n) is 10.9. The first-order chi connectivity index (χ1) is 20.6. The quantitative estimate of drug-likeness (QED) is 0.253. The van der Waals surface area contributed by atoms with Crippen LogP contribution < -0.4 is 14.4 Å².